The third kappa shape index (κ3) is 2.53. The van der Waals surface area contributed by atoms with Crippen molar-refractivity contribution in [3.63, 3.8) is 0 Å². The second-order valence-electron chi connectivity index (χ2n) is 5.54. The first-order valence-corrected chi connectivity index (χ1v) is 7.29. The highest BCUT2D eigenvalue weighted by Gasteiger charge is 2.51. The van der Waals surface area contributed by atoms with Crippen LogP contribution in [0.5, 0.6) is 0 Å². The Balaban J connectivity index is 2.42. The molecule has 2 N–H and O–H groups in total. The molecule has 3 amide bonds. The van der Waals surface area contributed by atoms with Gasteiger partial charge in [-0.2, -0.15) is 0 Å². The summed E-state index contributed by atoms with van der Waals surface area (Å²) in [6.07, 6.45) is 0.892. The topological polar surface area (TPSA) is 69.6 Å². The molecule has 1 aliphatic heterocycles. The van der Waals surface area contributed by atoms with Crippen molar-refractivity contribution in [2.45, 2.75) is 39.2 Å². The van der Waals surface area contributed by atoms with Crippen molar-refractivity contribution in [1.29, 1.82) is 0 Å². The Morgan fingerprint density at radius 3 is 2.57 bits per heavy atom. The molecular weight excluding hydrogens is 268 g/mol. The van der Waals surface area contributed by atoms with E-state index in [1.165, 1.54) is 4.90 Å². The fourth-order valence-electron chi connectivity index (χ4n) is 2.96. The van der Waals surface area contributed by atoms with Crippen LogP contribution in [0.3, 0.4) is 0 Å². The molecule has 0 saturated carbocycles. The van der Waals surface area contributed by atoms with Crippen LogP contribution in [0.1, 0.15) is 36.5 Å². The number of nitrogens with one attached hydrogen (secondary N) is 1. The molecule has 5 nitrogen and oxygen atoms in total. The van der Waals surface area contributed by atoms with E-state index >= 15 is 0 Å². The average molecular weight is 290 g/mol. The largest absolute Gasteiger partial charge is 0.396 e. The minimum absolute atomic E-state index is 0.0419. The van der Waals surface area contributed by atoms with Gasteiger partial charge in [0.2, 0.25) is 0 Å². The molecule has 1 heterocycles. The predicted molar refractivity (Wildman–Crippen MR) is 79.8 cm³/mol. The second kappa shape index (κ2) is 5.85. The number of carbonyl (C=O) groups is 2. The summed E-state index contributed by atoms with van der Waals surface area (Å²) in [5, 5.41) is 11.8. The van der Waals surface area contributed by atoms with E-state index in [0.717, 1.165) is 16.7 Å². The molecule has 2 rings (SSSR count). The molecule has 0 aliphatic carbocycles. The Hall–Kier alpha value is -1.88. The monoisotopic (exact) mass is 290 g/mol. The summed E-state index contributed by atoms with van der Waals surface area (Å²) in [5.74, 6) is -0.226. The van der Waals surface area contributed by atoms with E-state index in [-0.39, 0.29) is 25.1 Å². The van der Waals surface area contributed by atoms with Crippen molar-refractivity contribution in [3.05, 3.63) is 34.9 Å². The Labute approximate surface area is 125 Å². The van der Waals surface area contributed by atoms with Gasteiger partial charge in [0.25, 0.3) is 5.91 Å². The lowest BCUT2D eigenvalue weighted by Gasteiger charge is -2.27. The number of amides is 3. The first kappa shape index (κ1) is 15.5. The van der Waals surface area contributed by atoms with Gasteiger partial charge in [-0.25, -0.2) is 4.79 Å². The highest BCUT2D eigenvalue weighted by Crippen LogP contribution is 2.34. The number of nitrogens with zero attached hydrogens (tertiary/aromatic N) is 1. The van der Waals surface area contributed by atoms with Crippen LogP contribution in [0.2, 0.25) is 0 Å². The molecule has 1 aromatic carbocycles. The lowest BCUT2D eigenvalue weighted by atomic mass is 9.84. The molecule has 1 atom stereocenters. The fraction of sp³-hybridized carbons (Fsp3) is 0.500. The van der Waals surface area contributed by atoms with E-state index in [2.05, 4.69) is 5.32 Å². The van der Waals surface area contributed by atoms with Crippen LogP contribution in [-0.2, 0) is 10.3 Å². The van der Waals surface area contributed by atoms with E-state index < -0.39 is 5.54 Å². The number of aliphatic hydroxyl groups excluding tert-OH is 1. The molecule has 0 radical (unpaired) electrons. The van der Waals surface area contributed by atoms with Gasteiger partial charge in [0.15, 0.2) is 0 Å². The minimum Gasteiger partial charge on any atom is -0.396 e. The number of urea groups is 1. The van der Waals surface area contributed by atoms with Crippen LogP contribution in [0, 0.1) is 13.8 Å². The Morgan fingerprint density at radius 2 is 2.00 bits per heavy atom. The van der Waals surface area contributed by atoms with E-state index in [1.807, 2.05) is 39.0 Å². The standard InChI is InChI=1S/C16H22N2O3/c1-4-16(13-7-6-11(2)10-12(13)3)14(20)18(8-5-9-19)15(21)17-16/h6-7,10,19H,4-5,8-9H2,1-3H3,(H,17,21). The van der Waals surface area contributed by atoms with Gasteiger partial charge in [-0.3, -0.25) is 9.69 Å². The lowest BCUT2D eigenvalue weighted by molar-refractivity contribution is -0.131. The summed E-state index contributed by atoms with van der Waals surface area (Å²) in [5.41, 5.74) is 1.98. The van der Waals surface area contributed by atoms with E-state index in [4.69, 9.17) is 5.11 Å². The molecule has 1 unspecified atom stereocenters. The van der Waals surface area contributed by atoms with Gasteiger partial charge in [0.1, 0.15) is 5.54 Å². The number of benzene rings is 1. The number of hydrogen-bond donors (Lipinski definition) is 2. The van der Waals surface area contributed by atoms with E-state index in [9.17, 15) is 9.59 Å². The van der Waals surface area contributed by atoms with Crippen molar-refractivity contribution in [2.24, 2.45) is 0 Å². The Kier molecular flexibility index (Phi) is 4.32. The van der Waals surface area contributed by atoms with Crippen molar-refractivity contribution >= 4 is 11.9 Å². The minimum atomic E-state index is -0.982. The normalized spacial score (nSPS) is 21.8. The maximum atomic E-state index is 12.8. The first-order valence-electron chi connectivity index (χ1n) is 7.29. The molecule has 21 heavy (non-hydrogen) atoms. The molecule has 0 bridgehead atoms. The molecular formula is C16H22N2O3. The van der Waals surface area contributed by atoms with Gasteiger partial charge in [-0.05, 0) is 37.8 Å². The molecule has 5 heteroatoms. The van der Waals surface area contributed by atoms with Crippen molar-refractivity contribution in [3.8, 4) is 0 Å². The third-order valence-electron chi connectivity index (χ3n) is 4.09. The zero-order chi connectivity index (χ0) is 15.6. The zero-order valence-electron chi connectivity index (χ0n) is 12.8. The van der Waals surface area contributed by atoms with Crippen molar-refractivity contribution in [1.82, 2.24) is 10.2 Å². The molecule has 1 saturated heterocycles. The van der Waals surface area contributed by atoms with Gasteiger partial charge in [0, 0.05) is 13.2 Å². The summed E-state index contributed by atoms with van der Waals surface area (Å²) in [7, 11) is 0. The number of carbonyl (C=O) groups excluding carboxylic acids is 2. The molecule has 0 aromatic heterocycles. The van der Waals surface area contributed by atoms with Gasteiger partial charge >= 0.3 is 6.03 Å². The summed E-state index contributed by atoms with van der Waals surface area (Å²) < 4.78 is 0. The maximum Gasteiger partial charge on any atom is 0.325 e. The number of rotatable bonds is 5. The van der Waals surface area contributed by atoms with Crippen LogP contribution in [0.4, 0.5) is 4.79 Å². The smallest absolute Gasteiger partial charge is 0.325 e. The van der Waals surface area contributed by atoms with Crippen LogP contribution < -0.4 is 5.32 Å². The summed E-state index contributed by atoms with van der Waals surface area (Å²) in [6, 6.07) is 5.51. The van der Waals surface area contributed by atoms with Gasteiger partial charge in [-0.15, -0.1) is 0 Å². The fourth-order valence-corrected chi connectivity index (χ4v) is 2.96. The molecule has 1 aromatic rings. The van der Waals surface area contributed by atoms with Crippen molar-refractivity contribution in [2.75, 3.05) is 13.2 Å². The van der Waals surface area contributed by atoms with Gasteiger partial charge in [0.05, 0.1) is 0 Å². The molecule has 0 spiro atoms. The quantitative estimate of drug-likeness (QED) is 0.813. The van der Waals surface area contributed by atoms with Gasteiger partial charge in [-0.1, -0.05) is 30.7 Å². The highest BCUT2D eigenvalue weighted by molar-refractivity contribution is 6.07. The summed E-state index contributed by atoms with van der Waals surface area (Å²) >= 11 is 0. The Morgan fingerprint density at radius 1 is 1.29 bits per heavy atom. The van der Waals surface area contributed by atoms with Crippen LogP contribution >= 0.6 is 0 Å². The first-order chi connectivity index (χ1) is 9.96. The van der Waals surface area contributed by atoms with Crippen LogP contribution in [0.25, 0.3) is 0 Å². The zero-order valence-corrected chi connectivity index (χ0v) is 12.8. The highest BCUT2D eigenvalue weighted by atomic mass is 16.3. The van der Waals surface area contributed by atoms with Crippen LogP contribution in [-0.4, -0.2) is 35.1 Å². The number of imide groups is 1. The number of aryl methyl sites for hydroxylation is 2. The second-order valence-corrected chi connectivity index (χ2v) is 5.54. The lowest BCUT2D eigenvalue weighted by Crippen LogP contribution is -2.44. The number of aliphatic hydroxyl groups is 1. The average Bonchev–Trinajstić information content (AvgIpc) is 2.69. The van der Waals surface area contributed by atoms with E-state index in [0.29, 0.717) is 12.8 Å². The number of hydrogen-bond acceptors (Lipinski definition) is 3. The Bertz CT molecular complexity index is 571. The van der Waals surface area contributed by atoms with Crippen LogP contribution in [0.15, 0.2) is 18.2 Å². The van der Waals surface area contributed by atoms with E-state index in [1.54, 1.807) is 0 Å². The maximum absolute atomic E-state index is 12.8. The van der Waals surface area contributed by atoms with Gasteiger partial charge < -0.3 is 10.4 Å². The molecule has 1 fully saturated rings. The summed E-state index contributed by atoms with van der Waals surface area (Å²) in [4.78, 5) is 26.1. The predicted octanol–water partition coefficient (Wildman–Crippen LogP) is 1.84. The SMILES string of the molecule is CCC1(c2ccc(C)cc2C)NC(=O)N(CCCO)C1=O. The molecule has 1 aliphatic rings. The van der Waals surface area contributed by atoms with Crippen molar-refractivity contribution < 1.29 is 14.7 Å². The molecule has 114 valence electrons. The summed E-state index contributed by atoms with van der Waals surface area (Å²) in [6.45, 7) is 6.05. The third-order valence-corrected chi connectivity index (χ3v) is 4.09.